The van der Waals surface area contributed by atoms with Crippen molar-refractivity contribution < 1.29 is 0 Å². The predicted octanol–water partition coefficient (Wildman–Crippen LogP) is 4.02. The monoisotopic (exact) mass is 398 g/mol. The molecule has 0 unspecified atom stereocenters. The fraction of sp³-hybridized carbons (Fsp3) is 0.292. The number of hydrogen-bond acceptors (Lipinski definition) is 5. The fourth-order valence-corrected chi connectivity index (χ4v) is 4.09. The van der Waals surface area contributed by atoms with E-state index in [1.165, 1.54) is 16.7 Å². The maximum absolute atomic E-state index is 5.05. The van der Waals surface area contributed by atoms with E-state index in [-0.39, 0.29) is 0 Å². The molecule has 152 valence electrons. The average Bonchev–Trinajstić information content (AvgIpc) is 3.12. The number of aromatic nitrogens is 4. The molecule has 6 nitrogen and oxygen atoms in total. The Balaban J connectivity index is 1.53. The molecule has 0 saturated carbocycles. The van der Waals surface area contributed by atoms with Gasteiger partial charge >= 0.3 is 0 Å². The molecule has 0 amide bonds. The molecule has 1 aliphatic heterocycles. The number of aryl methyl sites for hydroxylation is 2. The zero-order chi connectivity index (χ0) is 20.8. The van der Waals surface area contributed by atoms with Gasteiger partial charge in [-0.1, -0.05) is 18.2 Å². The van der Waals surface area contributed by atoms with Crippen molar-refractivity contribution in [2.45, 2.75) is 26.8 Å². The molecule has 1 aromatic carbocycles. The zero-order valence-electron chi connectivity index (χ0n) is 17.8. The van der Waals surface area contributed by atoms with Crippen LogP contribution in [0.2, 0.25) is 0 Å². The minimum Gasteiger partial charge on any atom is -0.353 e. The van der Waals surface area contributed by atoms with E-state index in [0.29, 0.717) is 6.04 Å². The molecule has 3 aromatic heterocycles. The Morgan fingerprint density at radius 3 is 2.60 bits per heavy atom. The summed E-state index contributed by atoms with van der Waals surface area (Å²) in [7, 11) is 2.00. The van der Waals surface area contributed by atoms with Crippen LogP contribution in [0.5, 0.6) is 0 Å². The third-order valence-electron chi connectivity index (χ3n) is 6.22. The first kappa shape index (κ1) is 18.8. The van der Waals surface area contributed by atoms with Crippen LogP contribution in [0.1, 0.15) is 16.7 Å². The Morgan fingerprint density at radius 1 is 1.03 bits per heavy atom. The Kier molecular flexibility index (Phi) is 4.51. The molecule has 4 heterocycles. The molecule has 0 radical (unpaired) electrons. The Labute approximate surface area is 176 Å². The van der Waals surface area contributed by atoms with E-state index in [1.54, 1.807) is 0 Å². The topological polar surface area (TPSA) is 69.7 Å². The van der Waals surface area contributed by atoms with Crippen molar-refractivity contribution in [2.75, 3.05) is 25.0 Å². The summed E-state index contributed by atoms with van der Waals surface area (Å²) in [6.45, 7) is 8.39. The second kappa shape index (κ2) is 7.22. The first-order valence-corrected chi connectivity index (χ1v) is 10.4. The quantitative estimate of drug-likeness (QED) is 0.543. The van der Waals surface area contributed by atoms with Gasteiger partial charge in [-0.2, -0.15) is 5.10 Å². The van der Waals surface area contributed by atoms with Crippen LogP contribution in [0.3, 0.4) is 0 Å². The second-order valence-electron chi connectivity index (χ2n) is 8.17. The minimum atomic E-state index is 0.553. The second-order valence-corrected chi connectivity index (χ2v) is 8.17. The van der Waals surface area contributed by atoms with Gasteiger partial charge in [0.05, 0.1) is 11.2 Å². The maximum Gasteiger partial charge on any atom is 0.128 e. The van der Waals surface area contributed by atoms with E-state index in [0.717, 1.165) is 52.5 Å². The van der Waals surface area contributed by atoms with Gasteiger partial charge in [0.25, 0.3) is 0 Å². The lowest BCUT2D eigenvalue weighted by Gasteiger charge is -2.39. The summed E-state index contributed by atoms with van der Waals surface area (Å²) in [5, 5.41) is 11.0. The SMILES string of the molecule is CNC1CN(c2ccc(-c3n[nH]c4cc(C)c(-c5cccc(C)c5C)nc34)cn2)C1. The van der Waals surface area contributed by atoms with Crippen molar-refractivity contribution in [1.82, 2.24) is 25.5 Å². The number of benzene rings is 1. The van der Waals surface area contributed by atoms with E-state index >= 15 is 0 Å². The number of fused-ring (bicyclic) bond motifs is 1. The third-order valence-corrected chi connectivity index (χ3v) is 6.22. The minimum absolute atomic E-state index is 0.553. The van der Waals surface area contributed by atoms with Gasteiger partial charge in [0.2, 0.25) is 0 Å². The van der Waals surface area contributed by atoms with Crippen LogP contribution < -0.4 is 10.2 Å². The first-order chi connectivity index (χ1) is 14.5. The lowest BCUT2D eigenvalue weighted by atomic mass is 9.97. The predicted molar refractivity (Wildman–Crippen MR) is 122 cm³/mol. The van der Waals surface area contributed by atoms with Gasteiger partial charge in [-0.25, -0.2) is 9.97 Å². The van der Waals surface area contributed by atoms with Crippen LogP contribution in [0.4, 0.5) is 5.82 Å². The first-order valence-electron chi connectivity index (χ1n) is 10.4. The zero-order valence-corrected chi connectivity index (χ0v) is 17.8. The van der Waals surface area contributed by atoms with Crippen LogP contribution >= 0.6 is 0 Å². The van der Waals surface area contributed by atoms with Gasteiger partial charge in [-0.15, -0.1) is 0 Å². The molecule has 5 rings (SSSR count). The van der Waals surface area contributed by atoms with Crippen LogP contribution in [-0.4, -0.2) is 46.3 Å². The summed E-state index contributed by atoms with van der Waals surface area (Å²) in [5.41, 5.74) is 9.49. The van der Waals surface area contributed by atoms with Crippen molar-refractivity contribution in [3.63, 3.8) is 0 Å². The maximum atomic E-state index is 5.05. The van der Waals surface area contributed by atoms with E-state index in [9.17, 15) is 0 Å². The van der Waals surface area contributed by atoms with Crippen LogP contribution in [0, 0.1) is 20.8 Å². The molecule has 0 bridgehead atoms. The molecule has 1 aliphatic rings. The van der Waals surface area contributed by atoms with Gasteiger partial charge < -0.3 is 10.2 Å². The summed E-state index contributed by atoms with van der Waals surface area (Å²) < 4.78 is 0. The number of hydrogen-bond donors (Lipinski definition) is 2. The number of H-pyrrole nitrogens is 1. The summed E-state index contributed by atoms with van der Waals surface area (Å²) in [4.78, 5) is 12.0. The molecule has 4 aromatic rings. The van der Waals surface area contributed by atoms with Gasteiger partial charge in [0, 0.05) is 36.5 Å². The van der Waals surface area contributed by atoms with Crippen LogP contribution in [0.25, 0.3) is 33.5 Å². The smallest absolute Gasteiger partial charge is 0.128 e. The highest BCUT2D eigenvalue weighted by Gasteiger charge is 2.26. The van der Waals surface area contributed by atoms with Crippen molar-refractivity contribution in [3.05, 3.63) is 59.3 Å². The molecule has 30 heavy (non-hydrogen) atoms. The van der Waals surface area contributed by atoms with E-state index in [2.05, 4.69) is 82.6 Å². The molecular weight excluding hydrogens is 372 g/mol. The van der Waals surface area contributed by atoms with Gasteiger partial charge in [0.1, 0.15) is 17.0 Å². The number of pyridine rings is 2. The highest BCUT2D eigenvalue weighted by atomic mass is 15.3. The highest BCUT2D eigenvalue weighted by Crippen LogP contribution is 2.32. The molecule has 0 atom stereocenters. The fourth-order valence-electron chi connectivity index (χ4n) is 4.09. The molecule has 1 saturated heterocycles. The van der Waals surface area contributed by atoms with Gasteiger partial charge in [-0.05, 0) is 62.7 Å². The molecule has 2 N–H and O–H groups in total. The lowest BCUT2D eigenvalue weighted by Crippen LogP contribution is -2.57. The van der Waals surface area contributed by atoms with Crippen molar-refractivity contribution in [2.24, 2.45) is 0 Å². The number of nitrogens with one attached hydrogen (secondary N) is 2. The van der Waals surface area contributed by atoms with Gasteiger partial charge in [0.15, 0.2) is 0 Å². The summed E-state index contributed by atoms with van der Waals surface area (Å²) in [6, 6.07) is 13.2. The number of rotatable bonds is 4. The molecule has 1 fully saturated rings. The van der Waals surface area contributed by atoms with Crippen molar-refractivity contribution in [1.29, 1.82) is 0 Å². The van der Waals surface area contributed by atoms with E-state index in [4.69, 9.17) is 4.98 Å². The number of likely N-dealkylation sites (N-methyl/N-ethyl adjacent to an activating group) is 1. The third kappa shape index (κ3) is 3.04. The highest BCUT2D eigenvalue weighted by molar-refractivity contribution is 5.92. The Bertz CT molecular complexity index is 1220. The van der Waals surface area contributed by atoms with Crippen molar-refractivity contribution in [3.8, 4) is 22.5 Å². The average molecular weight is 399 g/mol. The number of anilines is 1. The summed E-state index contributed by atoms with van der Waals surface area (Å²) in [6.07, 6.45) is 1.90. The molecule has 6 heteroatoms. The standard InChI is InChI=1S/C24H26N6/c1-14-6-5-7-19(16(14)3)22-15(2)10-20-24(27-22)23(29-28-20)17-8-9-21(26-11-17)30-12-18(13-30)25-4/h5-11,18,25H,12-13H2,1-4H3,(H,28,29). The molecular formula is C24H26N6. The van der Waals surface area contributed by atoms with Gasteiger partial charge in [-0.3, -0.25) is 5.10 Å². The summed E-state index contributed by atoms with van der Waals surface area (Å²) in [5.74, 6) is 1.00. The molecule has 0 spiro atoms. The van der Waals surface area contributed by atoms with Crippen LogP contribution in [0.15, 0.2) is 42.6 Å². The van der Waals surface area contributed by atoms with Crippen LogP contribution in [-0.2, 0) is 0 Å². The lowest BCUT2D eigenvalue weighted by molar-refractivity contribution is 0.447. The normalized spacial score (nSPS) is 14.3. The largest absolute Gasteiger partial charge is 0.353 e. The Hall–Kier alpha value is -3.25. The summed E-state index contributed by atoms with van der Waals surface area (Å²) >= 11 is 0. The van der Waals surface area contributed by atoms with E-state index < -0.39 is 0 Å². The number of aromatic amines is 1. The number of nitrogens with zero attached hydrogens (tertiary/aromatic N) is 4. The van der Waals surface area contributed by atoms with Crippen molar-refractivity contribution >= 4 is 16.9 Å². The molecule has 0 aliphatic carbocycles. The Morgan fingerprint density at radius 2 is 1.87 bits per heavy atom. The van der Waals surface area contributed by atoms with E-state index in [1.807, 2.05) is 13.2 Å².